The van der Waals surface area contributed by atoms with Gasteiger partial charge in [0.05, 0.1) is 0 Å². The monoisotopic (exact) mass is 368 g/mol. The second-order valence-corrected chi connectivity index (χ2v) is 7.53. The first kappa shape index (κ1) is 16.0. The second kappa shape index (κ2) is 6.20. The Morgan fingerprint density at radius 2 is 1.76 bits per heavy atom. The van der Waals surface area contributed by atoms with E-state index in [1.165, 1.54) is 0 Å². The molecule has 0 aliphatic rings. The van der Waals surface area contributed by atoms with E-state index in [1.807, 2.05) is 32.9 Å². The van der Waals surface area contributed by atoms with E-state index in [1.54, 1.807) is 30.3 Å². The van der Waals surface area contributed by atoms with E-state index < -0.39 is 10.1 Å². The van der Waals surface area contributed by atoms with Gasteiger partial charge in [0.1, 0.15) is 10.6 Å². The average molecular weight is 369 g/mol. The first-order valence-corrected chi connectivity index (χ1v) is 8.81. The number of hydrogen-bond acceptors (Lipinski definition) is 3. The molecule has 0 radical (unpaired) electrons. The zero-order chi connectivity index (χ0) is 15.6. The van der Waals surface area contributed by atoms with E-state index in [-0.39, 0.29) is 10.8 Å². The first-order chi connectivity index (χ1) is 9.81. The van der Waals surface area contributed by atoms with Crippen LogP contribution in [0.3, 0.4) is 0 Å². The molecule has 112 valence electrons. The van der Waals surface area contributed by atoms with Gasteiger partial charge in [0.25, 0.3) is 0 Å². The van der Waals surface area contributed by atoms with Crippen LogP contribution in [0.25, 0.3) is 0 Å². The van der Waals surface area contributed by atoms with Crippen molar-refractivity contribution in [2.75, 3.05) is 0 Å². The normalized spacial score (nSPS) is 11.7. The van der Waals surface area contributed by atoms with Gasteiger partial charge in [-0.25, -0.2) is 0 Å². The van der Waals surface area contributed by atoms with E-state index in [9.17, 15) is 8.42 Å². The molecule has 0 amide bonds. The molecule has 0 heterocycles. The van der Waals surface area contributed by atoms with Gasteiger partial charge in [-0.1, -0.05) is 38.1 Å². The molecule has 2 rings (SSSR count). The Labute approximate surface area is 134 Å². The lowest BCUT2D eigenvalue weighted by molar-refractivity contribution is 0.481. The predicted octanol–water partition coefficient (Wildman–Crippen LogP) is 4.65. The van der Waals surface area contributed by atoms with Gasteiger partial charge in [0.2, 0.25) is 0 Å². The fourth-order valence-corrected chi connectivity index (χ4v) is 4.10. The molecule has 21 heavy (non-hydrogen) atoms. The Hall–Kier alpha value is -1.33. The smallest absolute Gasteiger partial charge is 0.340 e. The molecule has 0 N–H and O–H groups in total. The minimum Gasteiger partial charge on any atom is -0.379 e. The summed E-state index contributed by atoms with van der Waals surface area (Å²) in [6.07, 6.45) is 0. The summed E-state index contributed by atoms with van der Waals surface area (Å²) >= 11 is 3.28. The van der Waals surface area contributed by atoms with Crippen LogP contribution in [0.2, 0.25) is 0 Å². The Morgan fingerprint density at radius 1 is 1.10 bits per heavy atom. The molecule has 0 fully saturated rings. The number of para-hydroxylation sites is 1. The van der Waals surface area contributed by atoms with Crippen LogP contribution in [0.5, 0.6) is 5.75 Å². The van der Waals surface area contributed by atoms with E-state index >= 15 is 0 Å². The van der Waals surface area contributed by atoms with Crippen molar-refractivity contribution in [1.29, 1.82) is 0 Å². The van der Waals surface area contributed by atoms with Crippen molar-refractivity contribution in [3.63, 3.8) is 0 Å². The maximum Gasteiger partial charge on any atom is 0.340 e. The fourth-order valence-electron chi connectivity index (χ4n) is 2.01. The highest BCUT2D eigenvalue weighted by atomic mass is 79.9. The molecule has 0 spiro atoms. The van der Waals surface area contributed by atoms with E-state index in [0.717, 1.165) is 11.1 Å². The van der Waals surface area contributed by atoms with Gasteiger partial charge in [-0.15, -0.1) is 0 Å². The van der Waals surface area contributed by atoms with Crippen LogP contribution in [0.15, 0.2) is 51.8 Å². The van der Waals surface area contributed by atoms with Gasteiger partial charge in [0, 0.05) is 4.47 Å². The quantitative estimate of drug-likeness (QED) is 0.737. The molecule has 3 nitrogen and oxygen atoms in total. The van der Waals surface area contributed by atoms with Crippen molar-refractivity contribution in [2.24, 2.45) is 0 Å². The van der Waals surface area contributed by atoms with Crippen LogP contribution in [0.1, 0.15) is 30.9 Å². The fraction of sp³-hybridized carbons (Fsp3) is 0.250. The molecule has 5 heteroatoms. The number of aryl methyl sites for hydroxylation is 1. The summed E-state index contributed by atoms with van der Waals surface area (Å²) in [5, 5.41) is 0. The van der Waals surface area contributed by atoms with Crippen molar-refractivity contribution < 1.29 is 12.6 Å². The van der Waals surface area contributed by atoms with Crippen LogP contribution in [-0.2, 0) is 10.1 Å². The predicted molar refractivity (Wildman–Crippen MR) is 87.2 cm³/mol. The molecule has 2 aromatic carbocycles. The molecule has 0 saturated heterocycles. The topological polar surface area (TPSA) is 43.4 Å². The molecule has 0 unspecified atom stereocenters. The van der Waals surface area contributed by atoms with Crippen molar-refractivity contribution in [3.05, 3.63) is 58.1 Å². The largest absolute Gasteiger partial charge is 0.379 e. The third-order valence-corrected chi connectivity index (χ3v) is 5.31. The van der Waals surface area contributed by atoms with E-state index in [2.05, 4.69) is 15.9 Å². The van der Waals surface area contributed by atoms with Gasteiger partial charge in [-0.2, -0.15) is 8.42 Å². The lowest BCUT2D eigenvalue weighted by Crippen LogP contribution is -2.12. The highest BCUT2D eigenvalue weighted by molar-refractivity contribution is 9.10. The summed E-state index contributed by atoms with van der Waals surface area (Å²) in [5.41, 5.74) is 1.84. The Balaban J connectivity index is 2.43. The molecule has 0 aliphatic carbocycles. The lowest BCUT2D eigenvalue weighted by Gasteiger charge is -2.14. The Kier molecular flexibility index (Phi) is 4.74. The maximum atomic E-state index is 12.5. The van der Waals surface area contributed by atoms with Crippen molar-refractivity contribution in [3.8, 4) is 5.75 Å². The van der Waals surface area contributed by atoms with E-state index in [0.29, 0.717) is 10.2 Å². The molecule has 2 aromatic rings. The van der Waals surface area contributed by atoms with Crippen LogP contribution in [-0.4, -0.2) is 8.42 Å². The summed E-state index contributed by atoms with van der Waals surface area (Å²) in [5.74, 6) is 0.554. The minimum atomic E-state index is -3.86. The van der Waals surface area contributed by atoms with Crippen LogP contribution in [0.4, 0.5) is 0 Å². The summed E-state index contributed by atoms with van der Waals surface area (Å²) < 4.78 is 30.8. The minimum absolute atomic E-state index is 0.131. The number of halogens is 1. The summed E-state index contributed by atoms with van der Waals surface area (Å²) in [7, 11) is -3.86. The molecule has 0 bridgehead atoms. The summed E-state index contributed by atoms with van der Waals surface area (Å²) in [4.78, 5) is 0.131. The SMILES string of the molecule is Cc1ccc(S(=O)(=O)Oc2ccccc2C(C)C)c(Br)c1. The van der Waals surface area contributed by atoms with Crippen LogP contribution < -0.4 is 4.18 Å². The average Bonchev–Trinajstić information content (AvgIpc) is 2.37. The molecular weight excluding hydrogens is 352 g/mol. The highest BCUT2D eigenvalue weighted by Crippen LogP contribution is 2.31. The van der Waals surface area contributed by atoms with Crippen LogP contribution in [0, 0.1) is 6.92 Å². The molecule has 0 aliphatic heterocycles. The second-order valence-electron chi connectivity index (χ2n) is 5.16. The Bertz CT molecular complexity index is 752. The third kappa shape index (κ3) is 3.66. The number of rotatable bonds is 4. The van der Waals surface area contributed by atoms with Gasteiger partial charge >= 0.3 is 10.1 Å². The molecule has 0 aromatic heterocycles. The highest BCUT2D eigenvalue weighted by Gasteiger charge is 2.21. The third-order valence-electron chi connectivity index (χ3n) is 3.10. The van der Waals surface area contributed by atoms with Gasteiger partial charge < -0.3 is 4.18 Å². The van der Waals surface area contributed by atoms with Crippen molar-refractivity contribution >= 4 is 26.0 Å². The Morgan fingerprint density at radius 3 is 2.38 bits per heavy atom. The zero-order valence-electron chi connectivity index (χ0n) is 12.1. The molecular formula is C16H17BrO3S. The zero-order valence-corrected chi connectivity index (χ0v) is 14.5. The standard InChI is InChI=1S/C16H17BrO3S/c1-11(2)13-6-4-5-7-15(13)20-21(18,19)16-9-8-12(3)10-14(16)17/h4-11H,1-3H3. The summed E-state index contributed by atoms with van der Waals surface area (Å²) in [6.45, 7) is 5.89. The van der Waals surface area contributed by atoms with Crippen molar-refractivity contribution in [1.82, 2.24) is 0 Å². The van der Waals surface area contributed by atoms with E-state index in [4.69, 9.17) is 4.18 Å². The number of hydrogen-bond donors (Lipinski definition) is 0. The maximum absolute atomic E-state index is 12.5. The van der Waals surface area contributed by atoms with Gasteiger partial charge in [-0.3, -0.25) is 0 Å². The van der Waals surface area contributed by atoms with Gasteiger partial charge in [0.15, 0.2) is 0 Å². The van der Waals surface area contributed by atoms with Crippen molar-refractivity contribution in [2.45, 2.75) is 31.6 Å². The van der Waals surface area contributed by atoms with Gasteiger partial charge in [-0.05, 0) is 58.1 Å². The van der Waals surface area contributed by atoms with Crippen LogP contribution >= 0.6 is 15.9 Å². The summed E-state index contributed by atoms with van der Waals surface area (Å²) in [6, 6.07) is 12.2. The molecule has 0 saturated carbocycles. The first-order valence-electron chi connectivity index (χ1n) is 6.61. The number of benzene rings is 2. The molecule has 0 atom stereocenters. The lowest BCUT2D eigenvalue weighted by atomic mass is 10.0.